The average molecular weight is 207 g/mol. The van der Waals surface area contributed by atoms with Crippen LogP contribution in [-0.2, 0) is 0 Å². The Hall–Kier alpha value is -1.69. The lowest BCUT2D eigenvalue weighted by Gasteiger charge is -2.18. The first kappa shape index (κ1) is 9.85. The molecule has 1 unspecified atom stereocenters. The van der Waals surface area contributed by atoms with Crippen molar-refractivity contribution in [2.45, 2.75) is 13.0 Å². The summed E-state index contributed by atoms with van der Waals surface area (Å²) in [6.45, 7) is 2.63. The van der Waals surface area contributed by atoms with Crippen molar-refractivity contribution in [1.82, 2.24) is 15.1 Å². The molecule has 0 aliphatic rings. The van der Waals surface area contributed by atoms with E-state index in [0.717, 1.165) is 5.39 Å². The number of nitrogens with zero attached hydrogens (tertiary/aromatic N) is 4. The monoisotopic (exact) mass is 207 g/mol. The lowest BCUT2D eigenvalue weighted by molar-refractivity contribution is 0.448. The van der Waals surface area contributed by atoms with Crippen LogP contribution in [0.5, 0.6) is 0 Å². The summed E-state index contributed by atoms with van der Waals surface area (Å²) in [4.78, 5) is 10.3. The van der Waals surface area contributed by atoms with Gasteiger partial charge in [0.05, 0.1) is 11.6 Å². The van der Waals surface area contributed by atoms with Gasteiger partial charge in [-0.15, -0.1) is 0 Å². The Morgan fingerprint density at radius 2 is 2.33 bits per heavy atom. The SMILES string of the molecule is CC(N)CN(C)c1ncc2cnoc2n1. The van der Waals surface area contributed by atoms with Gasteiger partial charge in [-0.25, -0.2) is 4.98 Å². The lowest BCUT2D eigenvalue weighted by atomic mass is 10.3. The standard InChI is InChI=1S/C9H13N5O/c1-6(10)5-14(2)9-11-3-7-4-12-15-8(7)13-9/h3-4,6H,5,10H2,1-2H3. The summed E-state index contributed by atoms with van der Waals surface area (Å²) in [7, 11) is 1.89. The molecule has 2 rings (SSSR count). The predicted octanol–water partition coefficient (Wildman–Crippen LogP) is 0.401. The van der Waals surface area contributed by atoms with E-state index in [1.165, 1.54) is 0 Å². The third kappa shape index (κ3) is 2.04. The molecule has 0 aliphatic carbocycles. The van der Waals surface area contributed by atoms with Gasteiger partial charge in [0.1, 0.15) is 0 Å². The van der Waals surface area contributed by atoms with E-state index >= 15 is 0 Å². The third-order valence-electron chi connectivity index (χ3n) is 2.00. The fraction of sp³-hybridized carbons (Fsp3) is 0.444. The summed E-state index contributed by atoms with van der Waals surface area (Å²) in [5.41, 5.74) is 6.19. The van der Waals surface area contributed by atoms with Crippen LogP contribution in [0.2, 0.25) is 0 Å². The largest absolute Gasteiger partial charge is 0.342 e. The second kappa shape index (κ2) is 3.82. The van der Waals surface area contributed by atoms with Crippen LogP contribution in [0.1, 0.15) is 6.92 Å². The maximum Gasteiger partial charge on any atom is 0.262 e. The summed E-state index contributed by atoms with van der Waals surface area (Å²) >= 11 is 0. The minimum Gasteiger partial charge on any atom is -0.342 e. The number of anilines is 1. The zero-order valence-corrected chi connectivity index (χ0v) is 8.71. The van der Waals surface area contributed by atoms with Gasteiger partial charge in [0.25, 0.3) is 5.71 Å². The summed E-state index contributed by atoms with van der Waals surface area (Å²) in [5.74, 6) is 0.594. The summed E-state index contributed by atoms with van der Waals surface area (Å²) in [6.07, 6.45) is 3.27. The zero-order valence-electron chi connectivity index (χ0n) is 8.71. The maximum absolute atomic E-state index is 5.69. The molecule has 80 valence electrons. The zero-order chi connectivity index (χ0) is 10.8. The lowest BCUT2D eigenvalue weighted by Crippen LogP contribution is -2.33. The fourth-order valence-electron chi connectivity index (χ4n) is 1.36. The van der Waals surface area contributed by atoms with Crippen LogP contribution in [0.15, 0.2) is 16.9 Å². The predicted molar refractivity (Wildman–Crippen MR) is 56.5 cm³/mol. The van der Waals surface area contributed by atoms with Crippen LogP contribution in [0.4, 0.5) is 5.95 Å². The summed E-state index contributed by atoms with van der Waals surface area (Å²) in [5, 5.41) is 4.44. The van der Waals surface area contributed by atoms with Crippen LogP contribution in [-0.4, -0.2) is 34.8 Å². The van der Waals surface area contributed by atoms with E-state index in [1.54, 1.807) is 12.4 Å². The van der Waals surface area contributed by atoms with Gasteiger partial charge in [0.15, 0.2) is 0 Å². The first-order valence-corrected chi connectivity index (χ1v) is 4.71. The molecule has 1 atom stereocenters. The summed E-state index contributed by atoms with van der Waals surface area (Å²) < 4.78 is 4.95. The van der Waals surface area contributed by atoms with Crippen molar-refractivity contribution in [3.8, 4) is 0 Å². The summed E-state index contributed by atoms with van der Waals surface area (Å²) in [6, 6.07) is 0.0732. The molecule has 0 amide bonds. The highest BCUT2D eigenvalue weighted by molar-refractivity contribution is 5.71. The molecule has 2 N–H and O–H groups in total. The second-order valence-electron chi connectivity index (χ2n) is 3.61. The van der Waals surface area contributed by atoms with Gasteiger partial charge in [0, 0.05) is 25.8 Å². The Morgan fingerprint density at radius 3 is 3.07 bits per heavy atom. The number of nitrogens with two attached hydrogens (primary N) is 1. The Labute approximate surface area is 87.1 Å². The topological polar surface area (TPSA) is 81.1 Å². The van der Waals surface area contributed by atoms with Crippen molar-refractivity contribution in [2.24, 2.45) is 5.73 Å². The van der Waals surface area contributed by atoms with E-state index in [2.05, 4.69) is 15.1 Å². The molecule has 6 nitrogen and oxygen atoms in total. The quantitative estimate of drug-likeness (QED) is 0.784. The van der Waals surface area contributed by atoms with E-state index in [0.29, 0.717) is 18.2 Å². The molecular formula is C9H13N5O. The maximum atomic E-state index is 5.69. The molecule has 15 heavy (non-hydrogen) atoms. The van der Waals surface area contributed by atoms with Gasteiger partial charge in [-0.2, -0.15) is 4.98 Å². The molecule has 2 heterocycles. The van der Waals surface area contributed by atoms with Crippen molar-refractivity contribution in [2.75, 3.05) is 18.5 Å². The van der Waals surface area contributed by atoms with Crippen molar-refractivity contribution in [1.29, 1.82) is 0 Å². The van der Waals surface area contributed by atoms with E-state index < -0.39 is 0 Å². The molecule has 0 radical (unpaired) electrons. The van der Waals surface area contributed by atoms with Crippen LogP contribution < -0.4 is 10.6 Å². The molecule has 0 bridgehead atoms. The molecule has 0 aliphatic heterocycles. The minimum absolute atomic E-state index is 0.0732. The van der Waals surface area contributed by atoms with Gasteiger partial charge < -0.3 is 15.2 Å². The van der Waals surface area contributed by atoms with Crippen molar-refractivity contribution >= 4 is 17.0 Å². The average Bonchev–Trinajstić information content (AvgIpc) is 2.62. The smallest absolute Gasteiger partial charge is 0.262 e. The first-order chi connectivity index (χ1) is 7.16. The van der Waals surface area contributed by atoms with Gasteiger partial charge in [-0.05, 0) is 6.92 Å². The van der Waals surface area contributed by atoms with Crippen LogP contribution >= 0.6 is 0 Å². The second-order valence-corrected chi connectivity index (χ2v) is 3.61. The number of hydrogen-bond acceptors (Lipinski definition) is 6. The molecule has 0 saturated carbocycles. The Morgan fingerprint density at radius 1 is 1.53 bits per heavy atom. The highest BCUT2D eigenvalue weighted by Crippen LogP contribution is 2.13. The number of hydrogen-bond donors (Lipinski definition) is 1. The number of aromatic nitrogens is 3. The first-order valence-electron chi connectivity index (χ1n) is 4.71. The van der Waals surface area contributed by atoms with Crippen molar-refractivity contribution in [3.63, 3.8) is 0 Å². The molecule has 2 aromatic heterocycles. The van der Waals surface area contributed by atoms with Gasteiger partial charge in [-0.1, -0.05) is 5.16 Å². The van der Waals surface area contributed by atoms with E-state index in [9.17, 15) is 0 Å². The number of rotatable bonds is 3. The molecule has 0 spiro atoms. The molecule has 0 fully saturated rings. The Balaban J connectivity index is 2.27. The number of likely N-dealkylation sites (N-methyl/N-ethyl adjacent to an activating group) is 1. The molecule has 0 saturated heterocycles. The number of fused-ring (bicyclic) bond motifs is 1. The normalized spacial score (nSPS) is 13.0. The fourth-order valence-corrected chi connectivity index (χ4v) is 1.36. The van der Waals surface area contributed by atoms with Crippen LogP contribution in [0, 0.1) is 0 Å². The van der Waals surface area contributed by atoms with Crippen LogP contribution in [0.25, 0.3) is 11.1 Å². The van der Waals surface area contributed by atoms with Gasteiger partial charge >= 0.3 is 0 Å². The van der Waals surface area contributed by atoms with Gasteiger partial charge in [0.2, 0.25) is 5.95 Å². The van der Waals surface area contributed by atoms with Crippen LogP contribution in [0.3, 0.4) is 0 Å². The van der Waals surface area contributed by atoms with E-state index in [4.69, 9.17) is 10.3 Å². The van der Waals surface area contributed by atoms with Gasteiger partial charge in [-0.3, -0.25) is 0 Å². The molecule has 2 aromatic rings. The molecule has 6 heteroatoms. The Bertz CT molecular complexity index is 452. The molecule has 0 aromatic carbocycles. The minimum atomic E-state index is 0.0732. The van der Waals surface area contributed by atoms with Crippen molar-refractivity contribution in [3.05, 3.63) is 12.4 Å². The van der Waals surface area contributed by atoms with Crippen molar-refractivity contribution < 1.29 is 4.52 Å². The van der Waals surface area contributed by atoms with E-state index in [1.807, 2.05) is 18.9 Å². The Kier molecular flexibility index (Phi) is 2.51. The highest BCUT2D eigenvalue weighted by atomic mass is 16.5. The third-order valence-corrected chi connectivity index (χ3v) is 2.00. The highest BCUT2D eigenvalue weighted by Gasteiger charge is 2.09. The van der Waals surface area contributed by atoms with E-state index in [-0.39, 0.29) is 6.04 Å². The molecular weight excluding hydrogens is 194 g/mol.